The molecule has 1 saturated heterocycles. The van der Waals surface area contributed by atoms with Crippen LogP contribution in [0.3, 0.4) is 0 Å². The van der Waals surface area contributed by atoms with E-state index in [1.807, 2.05) is 6.92 Å². The number of nitrogens with zero attached hydrogens (tertiary/aromatic N) is 3. The van der Waals surface area contributed by atoms with Crippen LogP contribution in [0.5, 0.6) is 0 Å². The molecule has 0 radical (unpaired) electrons. The van der Waals surface area contributed by atoms with Crippen LogP contribution in [-0.2, 0) is 4.74 Å². The van der Waals surface area contributed by atoms with Gasteiger partial charge in [-0.15, -0.1) is 6.42 Å². The van der Waals surface area contributed by atoms with E-state index in [0.29, 0.717) is 17.9 Å². The lowest BCUT2D eigenvalue weighted by atomic mass is 9.89. The van der Waals surface area contributed by atoms with E-state index < -0.39 is 24.5 Å². The number of rotatable bonds is 3. The maximum absolute atomic E-state index is 11.9. The summed E-state index contributed by atoms with van der Waals surface area (Å²) in [6.07, 6.45) is 5.78. The van der Waals surface area contributed by atoms with Crippen molar-refractivity contribution in [2.75, 3.05) is 6.61 Å². The van der Waals surface area contributed by atoms with Crippen molar-refractivity contribution < 1.29 is 14.9 Å². The molecule has 1 fully saturated rings. The second-order valence-corrected chi connectivity index (χ2v) is 5.69. The van der Waals surface area contributed by atoms with Crippen molar-refractivity contribution in [2.45, 2.75) is 38.2 Å². The van der Waals surface area contributed by atoms with Crippen LogP contribution in [0.4, 0.5) is 0 Å². The summed E-state index contributed by atoms with van der Waals surface area (Å²) in [4.78, 5) is 22.9. The van der Waals surface area contributed by atoms with E-state index in [-0.39, 0.29) is 17.0 Å². The molecule has 2 aromatic rings. The molecular weight excluding hydrogens is 300 g/mol. The highest BCUT2D eigenvalue weighted by Gasteiger charge is 2.53. The molecule has 4 atom stereocenters. The largest absolute Gasteiger partial charge is 0.392 e. The van der Waals surface area contributed by atoms with Crippen LogP contribution in [0.1, 0.15) is 25.4 Å². The van der Waals surface area contributed by atoms with Gasteiger partial charge in [-0.05, 0) is 13.3 Å². The van der Waals surface area contributed by atoms with Crippen LogP contribution < -0.4 is 5.56 Å². The topological polar surface area (TPSA) is 113 Å². The maximum atomic E-state index is 11.9. The number of ether oxygens (including phenoxy) is 1. The molecule has 8 nitrogen and oxygen atoms in total. The molecule has 3 heterocycles. The van der Waals surface area contributed by atoms with E-state index in [1.165, 1.54) is 6.33 Å². The van der Waals surface area contributed by atoms with Gasteiger partial charge in [-0.2, -0.15) is 0 Å². The first-order chi connectivity index (χ1) is 11.0. The van der Waals surface area contributed by atoms with Crippen molar-refractivity contribution in [2.24, 2.45) is 5.92 Å². The summed E-state index contributed by atoms with van der Waals surface area (Å²) in [6, 6.07) is 0. The van der Waals surface area contributed by atoms with Crippen LogP contribution in [0.25, 0.3) is 11.2 Å². The fourth-order valence-corrected chi connectivity index (χ4v) is 3.08. The minimum Gasteiger partial charge on any atom is -0.392 e. The van der Waals surface area contributed by atoms with Crippen molar-refractivity contribution in [1.29, 1.82) is 0 Å². The van der Waals surface area contributed by atoms with E-state index in [9.17, 15) is 15.0 Å². The zero-order chi connectivity index (χ0) is 16.8. The van der Waals surface area contributed by atoms with Gasteiger partial charge < -0.3 is 19.9 Å². The van der Waals surface area contributed by atoms with Gasteiger partial charge in [0.25, 0.3) is 5.56 Å². The van der Waals surface area contributed by atoms with Crippen LogP contribution in [0, 0.1) is 25.2 Å². The lowest BCUT2D eigenvalue weighted by Gasteiger charge is -2.24. The number of terminal acetylenes is 1. The molecule has 3 N–H and O–H groups in total. The number of fused-ring (bicyclic) bond motifs is 1. The summed E-state index contributed by atoms with van der Waals surface area (Å²) in [5.74, 6) is 2.44. The third kappa shape index (κ3) is 2.16. The number of aromatic amines is 1. The number of aryl methyl sites for hydroxylation is 1. The Morgan fingerprint density at radius 3 is 2.96 bits per heavy atom. The standard InChI is InChI=1S/C15H18N4O4/c1-4-9-11(21)15(5-2,6-20)23-14(9)19-7-16-10-12(19)17-8(3)18-13(10)22/h2,7,9,11,14,20-21H,4,6H2,1,3H3,(H,17,18,22)/t9-,11-,14+,15+/m0/s1. The Balaban J connectivity index is 2.15. The predicted molar refractivity (Wildman–Crippen MR) is 81.4 cm³/mol. The average molecular weight is 318 g/mol. The Morgan fingerprint density at radius 2 is 2.35 bits per heavy atom. The minimum absolute atomic E-state index is 0.186. The van der Waals surface area contributed by atoms with Crippen LogP contribution >= 0.6 is 0 Å². The Bertz CT molecular complexity index is 836. The fraction of sp³-hybridized carbons (Fsp3) is 0.533. The Hall–Kier alpha value is -2.21. The molecule has 0 saturated carbocycles. The lowest BCUT2D eigenvalue weighted by Crippen LogP contribution is -2.43. The molecule has 3 rings (SSSR count). The highest BCUT2D eigenvalue weighted by atomic mass is 16.6. The molecule has 2 aromatic heterocycles. The van der Waals surface area contributed by atoms with Crippen LogP contribution in [-0.4, -0.2) is 48.0 Å². The molecule has 1 aliphatic heterocycles. The van der Waals surface area contributed by atoms with E-state index in [1.54, 1.807) is 11.5 Å². The van der Waals surface area contributed by atoms with Crippen LogP contribution in [0.15, 0.2) is 11.1 Å². The molecule has 122 valence electrons. The summed E-state index contributed by atoms with van der Waals surface area (Å²) < 4.78 is 7.42. The lowest BCUT2D eigenvalue weighted by molar-refractivity contribution is -0.0898. The number of imidazole rings is 1. The molecular formula is C15H18N4O4. The first-order valence-electron chi connectivity index (χ1n) is 7.35. The van der Waals surface area contributed by atoms with E-state index in [4.69, 9.17) is 11.2 Å². The van der Waals surface area contributed by atoms with Gasteiger partial charge in [-0.25, -0.2) is 9.97 Å². The molecule has 1 aliphatic rings. The number of nitrogens with one attached hydrogen (secondary N) is 1. The molecule has 0 aliphatic carbocycles. The molecule has 0 bridgehead atoms. The third-order valence-corrected chi connectivity index (χ3v) is 4.36. The second-order valence-electron chi connectivity index (χ2n) is 5.69. The SMILES string of the molecule is C#C[C@]1(CO)O[C@@H](n2cnc3c(=O)[nH]c(C)nc32)[C@@H](CC)[C@@H]1O. The van der Waals surface area contributed by atoms with Gasteiger partial charge in [-0.3, -0.25) is 9.36 Å². The number of aliphatic hydroxyl groups is 2. The molecule has 0 unspecified atom stereocenters. The summed E-state index contributed by atoms with van der Waals surface area (Å²) in [5.41, 5.74) is -1.28. The smallest absolute Gasteiger partial charge is 0.279 e. The summed E-state index contributed by atoms with van der Waals surface area (Å²) >= 11 is 0. The van der Waals surface area contributed by atoms with Gasteiger partial charge in [0.15, 0.2) is 16.8 Å². The van der Waals surface area contributed by atoms with Gasteiger partial charge in [0.05, 0.1) is 12.9 Å². The normalized spacial score (nSPS) is 30.7. The second kappa shape index (κ2) is 5.45. The maximum Gasteiger partial charge on any atom is 0.279 e. The van der Waals surface area contributed by atoms with Crippen molar-refractivity contribution in [1.82, 2.24) is 19.5 Å². The Labute approximate surface area is 132 Å². The summed E-state index contributed by atoms with van der Waals surface area (Å²) in [5, 5.41) is 20.1. The number of hydrogen-bond acceptors (Lipinski definition) is 6. The van der Waals surface area contributed by atoms with Crippen molar-refractivity contribution >= 4 is 11.2 Å². The zero-order valence-corrected chi connectivity index (χ0v) is 12.9. The number of H-pyrrole nitrogens is 1. The van der Waals surface area contributed by atoms with Gasteiger partial charge in [-0.1, -0.05) is 12.8 Å². The highest BCUT2D eigenvalue weighted by Crippen LogP contribution is 2.43. The first-order valence-corrected chi connectivity index (χ1v) is 7.35. The Kier molecular flexibility index (Phi) is 3.72. The monoisotopic (exact) mass is 318 g/mol. The minimum atomic E-state index is -1.47. The van der Waals surface area contributed by atoms with Crippen molar-refractivity contribution in [3.05, 3.63) is 22.5 Å². The average Bonchev–Trinajstić information content (AvgIpc) is 3.06. The first kappa shape index (κ1) is 15.7. The molecule has 0 amide bonds. The Morgan fingerprint density at radius 1 is 1.61 bits per heavy atom. The molecule has 0 spiro atoms. The summed E-state index contributed by atoms with van der Waals surface area (Å²) in [6.45, 7) is 3.05. The number of aliphatic hydroxyl groups excluding tert-OH is 2. The fourth-order valence-electron chi connectivity index (χ4n) is 3.08. The van der Waals surface area contributed by atoms with Gasteiger partial charge in [0.2, 0.25) is 0 Å². The molecule has 23 heavy (non-hydrogen) atoms. The van der Waals surface area contributed by atoms with E-state index in [0.717, 1.165) is 0 Å². The van der Waals surface area contributed by atoms with Gasteiger partial charge in [0.1, 0.15) is 18.2 Å². The van der Waals surface area contributed by atoms with Crippen LogP contribution in [0.2, 0.25) is 0 Å². The summed E-state index contributed by atoms with van der Waals surface area (Å²) in [7, 11) is 0. The van der Waals surface area contributed by atoms with E-state index >= 15 is 0 Å². The van der Waals surface area contributed by atoms with Gasteiger partial charge in [0, 0.05) is 5.92 Å². The number of aromatic nitrogens is 4. The molecule has 8 heteroatoms. The van der Waals surface area contributed by atoms with Gasteiger partial charge >= 0.3 is 0 Å². The van der Waals surface area contributed by atoms with Crippen molar-refractivity contribution in [3.63, 3.8) is 0 Å². The third-order valence-electron chi connectivity index (χ3n) is 4.36. The predicted octanol–water partition coefficient (Wildman–Crippen LogP) is -0.292. The number of hydrogen-bond donors (Lipinski definition) is 3. The van der Waals surface area contributed by atoms with Crippen molar-refractivity contribution in [3.8, 4) is 12.3 Å². The zero-order valence-electron chi connectivity index (χ0n) is 12.9. The molecule has 0 aromatic carbocycles. The highest BCUT2D eigenvalue weighted by molar-refractivity contribution is 5.69. The van der Waals surface area contributed by atoms with E-state index in [2.05, 4.69) is 20.9 Å². The quantitative estimate of drug-likeness (QED) is 0.670.